The number of benzene rings is 1. The van der Waals surface area contributed by atoms with Gasteiger partial charge in [-0.2, -0.15) is 0 Å². The van der Waals surface area contributed by atoms with Crippen molar-refractivity contribution >= 4 is 5.91 Å². The lowest BCUT2D eigenvalue weighted by molar-refractivity contribution is -0.126. The zero-order chi connectivity index (χ0) is 22.9. The number of rotatable bonds is 13. The standard InChI is InChI=1S/C24H35N3O5/c1-17(2)12-27(13-18(3)4)9-5-8-25-24(28)15-29-14-20-11-22(32-26-20)19-6-7-21-23(10-19)31-16-30-21/h6-7,10-11,17-18H,5,8-9,12-16H2,1-4H3,(H,25,28). The van der Waals surface area contributed by atoms with Crippen molar-refractivity contribution in [3.05, 3.63) is 30.0 Å². The fraction of sp³-hybridized carbons (Fsp3) is 0.583. The van der Waals surface area contributed by atoms with E-state index >= 15 is 0 Å². The van der Waals surface area contributed by atoms with Gasteiger partial charge in [0.05, 0.1) is 6.61 Å². The van der Waals surface area contributed by atoms with Crippen LogP contribution in [0.15, 0.2) is 28.8 Å². The quantitative estimate of drug-likeness (QED) is 0.471. The number of nitrogens with one attached hydrogen (secondary N) is 1. The second-order valence-corrected chi connectivity index (χ2v) is 8.99. The van der Waals surface area contributed by atoms with Gasteiger partial charge in [-0.1, -0.05) is 32.9 Å². The molecule has 2 aromatic rings. The van der Waals surface area contributed by atoms with Crippen molar-refractivity contribution < 1.29 is 23.5 Å². The zero-order valence-electron chi connectivity index (χ0n) is 19.6. The highest BCUT2D eigenvalue weighted by Gasteiger charge is 2.16. The molecule has 0 radical (unpaired) electrons. The summed E-state index contributed by atoms with van der Waals surface area (Å²) in [5.41, 5.74) is 1.47. The Balaban J connectivity index is 1.34. The van der Waals surface area contributed by atoms with Gasteiger partial charge in [-0.3, -0.25) is 4.79 Å². The molecule has 0 saturated carbocycles. The number of aromatic nitrogens is 1. The first-order valence-electron chi connectivity index (χ1n) is 11.3. The Kier molecular flexibility index (Phi) is 8.93. The summed E-state index contributed by atoms with van der Waals surface area (Å²) in [5.74, 6) is 3.17. The highest BCUT2D eigenvalue weighted by molar-refractivity contribution is 5.77. The maximum atomic E-state index is 12.0. The predicted molar refractivity (Wildman–Crippen MR) is 121 cm³/mol. The largest absolute Gasteiger partial charge is 0.454 e. The van der Waals surface area contributed by atoms with Gasteiger partial charge in [-0.15, -0.1) is 0 Å². The van der Waals surface area contributed by atoms with Gasteiger partial charge >= 0.3 is 0 Å². The summed E-state index contributed by atoms with van der Waals surface area (Å²) in [6, 6.07) is 7.37. The molecule has 1 aliphatic rings. The first kappa shape index (κ1) is 24.1. The zero-order valence-corrected chi connectivity index (χ0v) is 19.6. The van der Waals surface area contributed by atoms with Crippen LogP contribution >= 0.6 is 0 Å². The minimum atomic E-state index is -0.122. The van der Waals surface area contributed by atoms with Crippen molar-refractivity contribution in [1.82, 2.24) is 15.4 Å². The van der Waals surface area contributed by atoms with E-state index in [1.54, 1.807) is 6.07 Å². The molecule has 0 saturated heterocycles. The van der Waals surface area contributed by atoms with Crippen LogP contribution in [-0.2, 0) is 16.1 Å². The minimum Gasteiger partial charge on any atom is -0.454 e. The summed E-state index contributed by atoms with van der Waals surface area (Å²) in [6.45, 7) is 13.2. The topological polar surface area (TPSA) is 86.1 Å². The van der Waals surface area contributed by atoms with Gasteiger partial charge in [0.25, 0.3) is 0 Å². The van der Waals surface area contributed by atoms with Crippen molar-refractivity contribution in [3.8, 4) is 22.8 Å². The average molecular weight is 446 g/mol. The number of hydrogen-bond acceptors (Lipinski definition) is 7. The molecule has 8 heteroatoms. The molecule has 0 aliphatic carbocycles. The van der Waals surface area contributed by atoms with Crippen LogP contribution in [0, 0.1) is 11.8 Å². The van der Waals surface area contributed by atoms with E-state index in [2.05, 4.69) is 43.1 Å². The summed E-state index contributed by atoms with van der Waals surface area (Å²) in [7, 11) is 0. The van der Waals surface area contributed by atoms with Gasteiger partial charge in [0.2, 0.25) is 12.7 Å². The fourth-order valence-corrected chi connectivity index (χ4v) is 3.69. The van der Waals surface area contributed by atoms with Crippen molar-refractivity contribution in [1.29, 1.82) is 0 Å². The minimum absolute atomic E-state index is 0.00603. The summed E-state index contributed by atoms with van der Waals surface area (Å²) in [4.78, 5) is 14.5. The van der Waals surface area contributed by atoms with Crippen LogP contribution in [0.3, 0.4) is 0 Å². The summed E-state index contributed by atoms with van der Waals surface area (Å²) in [5, 5.41) is 6.94. The number of fused-ring (bicyclic) bond motifs is 1. The smallest absolute Gasteiger partial charge is 0.246 e. The monoisotopic (exact) mass is 445 g/mol. The molecule has 0 fully saturated rings. The van der Waals surface area contributed by atoms with Crippen LogP contribution in [0.4, 0.5) is 0 Å². The number of nitrogens with zero attached hydrogens (tertiary/aromatic N) is 2. The maximum Gasteiger partial charge on any atom is 0.246 e. The van der Waals surface area contributed by atoms with E-state index in [1.807, 2.05) is 18.2 Å². The molecular formula is C24H35N3O5. The SMILES string of the molecule is CC(C)CN(CCCNC(=O)COCc1cc(-c2ccc3c(c2)OCO3)on1)CC(C)C. The van der Waals surface area contributed by atoms with E-state index in [0.717, 1.165) is 37.4 Å². The molecule has 176 valence electrons. The number of amides is 1. The van der Waals surface area contributed by atoms with E-state index in [9.17, 15) is 4.79 Å². The molecule has 0 unspecified atom stereocenters. The lowest BCUT2D eigenvalue weighted by Gasteiger charge is -2.26. The van der Waals surface area contributed by atoms with Gasteiger partial charge in [0, 0.05) is 31.3 Å². The van der Waals surface area contributed by atoms with Crippen LogP contribution in [0.25, 0.3) is 11.3 Å². The van der Waals surface area contributed by atoms with Gasteiger partial charge in [0.15, 0.2) is 17.3 Å². The highest BCUT2D eigenvalue weighted by atomic mass is 16.7. The van der Waals surface area contributed by atoms with Gasteiger partial charge in [-0.25, -0.2) is 0 Å². The van der Waals surface area contributed by atoms with Crippen molar-refractivity contribution in [2.45, 2.75) is 40.7 Å². The molecule has 1 aliphatic heterocycles. The summed E-state index contributed by atoms with van der Waals surface area (Å²) < 4.78 is 21.6. The Morgan fingerprint density at radius 1 is 1.12 bits per heavy atom. The molecule has 1 amide bonds. The number of ether oxygens (including phenoxy) is 3. The molecule has 8 nitrogen and oxygen atoms in total. The average Bonchev–Trinajstić information content (AvgIpc) is 3.39. The second kappa shape index (κ2) is 11.9. The molecule has 32 heavy (non-hydrogen) atoms. The summed E-state index contributed by atoms with van der Waals surface area (Å²) >= 11 is 0. The lowest BCUT2D eigenvalue weighted by Crippen LogP contribution is -2.35. The molecule has 1 aromatic heterocycles. The van der Waals surface area contributed by atoms with Crippen LogP contribution in [0.5, 0.6) is 11.5 Å². The molecular weight excluding hydrogens is 410 g/mol. The van der Waals surface area contributed by atoms with Gasteiger partial charge in [0.1, 0.15) is 12.3 Å². The predicted octanol–water partition coefficient (Wildman–Crippen LogP) is 3.71. The Bertz CT molecular complexity index is 855. The first-order chi connectivity index (χ1) is 15.4. The number of carbonyl (C=O) groups is 1. The highest BCUT2D eigenvalue weighted by Crippen LogP contribution is 2.36. The van der Waals surface area contributed by atoms with E-state index in [1.165, 1.54) is 0 Å². The van der Waals surface area contributed by atoms with Crippen LogP contribution in [-0.4, -0.2) is 55.5 Å². The molecule has 1 aromatic carbocycles. The number of carbonyl (C=O) groups excluding carboxylic acids is 1. The van der Waals surface area contributed by atoms with E-state index in [-0.39, 0.29) is 25.9 Å². The van der Waals surface area contributed by atoms with Crippen molar-refractivity contribution in [2.75, 3.05) is 39.6 Å². The first-order valence-corrected chi connectivity index (χ1v) is 11.3. The van der Waals surface area contributed by atoms with E-state index in [4.69, 9.17) is 18.7 Å². The molecule has 0 atom stereocenters. The maximum absolute atomic E-state index is 12.0. The van der Waals surface area contributed by atoms with Crippen molar-refractivity contribution in [3.63, 3.8) is 0 Å². The van der Waals surface area contributed by atoms with Crippen LogP contribution in [0.1, 0.15) is 39.8 Å². The Labute approximate surface area is 190 Å². The van der Waals surface area contributed by atoms with Crippen LogP contribution in [0.2, 0.25) is 0 Å². The van der Waals surface area contributed by atoms with E-state index in [0.29, 0.717) is 35.6 Å². The third kappa shape index (κ3) is 7.53. The molecule has 2 heterocycles. The Hall–Kier alpha value is -2.58. The Morgan fingerprint density at radius 2 is 1.88 bits per heavy atom. The normalized spacial score (nSPS) is 12.8. The molecule has 0 spiro atoms. The third-order valence-corrected chi connectivity index (χ3v) is 4.92. The number of hydrogen-bond donors (Lipinski definition) is 1. The lowest BCUT2D eigenvalue weighted by atomic mass is 10.1. The summed E-state index contributed by atoms with van der Waals surface area (Å²) in [6.07, 6.45) is 0.924. The van der Waals surface area contributed by atoms with Crippen molar-refractivity contribution in [2.24, 2.45) is 11.8 Å². The third-order valence-electron chi connectivity index (χ3n) is 4.92. The molecule has 0 bridgehead atoms. The fourth-order valence-electron chi connectivity index (χ4n) is 3.69. The van der Waals surface area contributed by atoms with Gasteiger partial charge in [-0.05, 0) is 43.0 Å². The Morgan fingerprint density at radius 3 is 2.62 bits per heavy atom. The molecule has 1 N–H and O–H groups in total. The van der Waals surface area contributed by atoms with Gasteiger partial charge < -0.3 is 29.0 Å². The molecule has 3 rings (SSSR count). The second-order valence-electron chi connectivity index (χ2n) is 8.99. The van der Waals surface area contributed by atoms with E-state index < -0.39 is 0 Å². The van der Waals surface area contributed by atoms with Crippen LogP contribution < -0.4 is 14.8 Å².